The lowest BCUT2D eigenvalue weighted by Gasteiger charge is -2.07. The van der Waals surface area contributed by atoms with Crippen molar-refractivity contribution < 1.29 is 8.42 Å². The molecule has 0 atom stereocenters. The van der Waals surface area contributed by atoms with Crippen LogP contribution in [0, 0.1) is 0 Å². The van der Waals surface area contributed by atoms with Gasteiger partial charge in [-0.1, -0.05) is 0 Å². The molecule has 0 aliphatic heterocycles. The molecule has 0 saturated heterocycles. The van der Waals surface area contributed by atoms with Gasteiger partial charge in [0.1, 0.15) is 6.33 Å². The maximum Gasteiger partial charge on any atom is 0.242 e. The summed E-state index contributed by atoms with van der Waals surface area (Å²) in [6.07, 6.45) is 2.97. The van der Waals surface area contributed by atoms with Crippen molar-refractivity contribution in [2.24, 2.45) is 0 Å². The Morgan fingerprint density at radius 3 is 2.84 bits per heavy atom. The van der Waals surface area contributed by atoms with E-state index in [-0.39, 0.29) is 6.54 Å². The van der Waals surface area contributed by atoms with Crippen molar-refractivity contribution >= 4 is 21.4 Å². The molecule has 0 radical (unpaired) electrons. The first-order valence-electron chi connectivity index (χ1n) is 5.59. The van der Waals surface area contributed by atoms with Crippen LogP contribution < -0.4 is 10.0 Å². The van der Waals surface area contributed by atoms with Crippen molar-refractivity contribution in [2.75, 3.05) is 7.05 Å². The smallest absolute Gasteiger partial charge is 0.242 e. The second-order valence-corrected chi connectivity index (χ2v) is 6.50. The molecule has 0 aliphatic carbocycles. The second-order valence-electron chi connectivity index (χ2n) is 3.76. The predicted octanol–water partition coefficient (Wildman–Crippen LogP) is 0.736. The molecule has 2 heterocycles. The minimum Gasteiger partial charge on any atom is -0.315 e. The Kier molecular flexibility index (Phi) is 4.59. The summed E-state index contributed by atoms with van der Waals surface area (Å²) in [6.45, 7) is 0.682. The van der Waals surface area contributed by atoms with Gasteiger partial charge in [-0.15, -0.1) is 11.3 Å². The summed E-state index contributed by atoms with van der Waals surface area (Å²) in [4.78, 5) is 8.87. The summed E-state index contributed by atoms with van der Waals surface area (Å²) in [7, 11) is -1.73. The third-order valence-electron chi connectivity index (χ3n) is 2.42. The van der Waals surface area contributed by atoms with Gasteiger partial charge in [-0.2, -0.15) is 0 Å². The molecule has 19 heavy (non-hydrogen) atoms. The van der Waals surface area contributed by atoms with E-state index in [1.54, 1.807) is 30.8 Å². The molecule has 0 bridgehead atoms. The standard InChI is InChI=1S/C11H14N4O2S2/c1-12-7-10-11(3-5-18-10)19(16,17)15-6-9-2-4-13-8-14-9/h2-5,8,12,15H,6-7H2,1H3. The zero-order valence-electron chi connectivity index (χ0n) is 10.3. The van der Waals surface area contributed by atoms with E-state index < -0.39 is 10.0 Å². The monoisotopic (exact) mass is 298 g/mol. The van der Waals surface area contributed by atoms with Gasteiger partial charge in [0, 0.05) is 17.6 Å². The minimum atomic E-state index is -3.51. The van der Waals surface area contributed by atoms with Gasteiger partial charge >= 0.3 is 0 Å². The Bertz CT molecular complexity index is 625. The van der Waals surface area contributed by atoms with Gasteiger partial charge in [-0.25, -0.2) is 23.1 Å². The number of rotatable bonds is 6. The molecule has 0 aromatic carbocycles. The summed E-state index contributed by atoms with van der Waals surface area (Å²) in [5.74, 6) is 0. The molecule has 2 aromatic heterocycles. The maximum absolute atomic E-state index is 12.2. The number of nitrogens with zero attached hydrogens (tertiary/aromatic N) is 2. The van der Waals surface area contributed by atoms with Crippen molar-refractivity contribution in [2.45, 2.75) is 18.0 Å². The highest BCUT2D eigenvalue weighted by Gasteiger charge is 2.19. The average Bonchev–Trinajstić information content (AvgIpc) is 2.87. The number of sulfonamides is 1. The summed E-state index contributed by atoms with van der Waals surface area (Å²) < 4.78 is 26.9. The molecule has 2 rings (SSSR count). The molecule has 0 saturated carbocycles. The number of hydrogen-bond acceptors (Lipinski definition) is 6. The molecule has 2 aromatic rings. The zero-order valence-corrected chi connectivity index (χ0v) is 12.0. The number of thiophene rings is 1. The fraction of sp³-hybridized carbons (Fsp3) is 0.273. The van der Waals surface area contributed by atoms with Gasteiger partial charge in [0.05, 0.1) is 17.1 Å². The van der Waals surface area contributed by atoms with Gasteiger partial charge in [-0.3, -0.25) is 0 Å². The van der Waals surface area contributed by atoms with Crippen LogP contribution in [0.4, 0.5) is 0 Å². The molecule has 0 amide bonds. The van der Waals surface area contributed by atoms with Crippen molar-refractivity contribution in [1.29, 1.82) is 0 Å². The Balaban J connectivity index is 2.12. The Morgan fingerprint density at radius 1 is 1.32 bits per heavy atom. The fourth-order valence-electron chi connectivity index (χ4n) is 1.53. The lowest BCUT2D eigenvalue weighted by molar-refractivity contribution is 0.579. The first-order valence-corrected chi connectivity index (χ1v) is 7.95. The zero-order chi connectivity index (χ0) is 13.7. The normalized spacial score (nSPS) is 11.6. The van der Waals surface area contributed by atoms with Crippen LogP contribution >= 0.6 is 11.3 Å². The van der Waals surface area contributed by atoms with Gasteiger partial charge in [0.15, 0.2) is 0 Å². The largest absolute Gasteiger partial charge is 0.315 e. The third kappa shape index (κ3) is 3.57. The highest BCUT2D eigenvalue weighted by molar-refractivity contribution is 7.89. The number of aromatic nitrogens is 2. The number of hydrogen-bond donors (Lipinski definition) is 2. The quantitative estimate of drug-likeness (QED) is 0.821. The van der Waals surface area contributed by atoms with Gasteiger partial charge in [-0.05, 0) is 24.6 Å². The number of nitrogens with one attached hydrogen (secondary N) is 2. The first-order chi connectivity index (χ1) is 9.13. The second kappa shape index (κ2) is 6.20. The molecule has 2 N–H and O–H groups in total. The highest BCUT2D eigenvalue weighted by Crippen LogP contribution is 2.21. The van der Waals surface area contributed by atoms with E-state index in [0.717, 1.165) is 4.88 Å². The van der Waals surface area contributed by atoms with Crippen LogP contribution in [-0.4, -0.2) is 25.4 Å². The van der Waals surface area contributed by atoms with Crippen LogP contribution in [0.2, 0.25) is 0 Å². The average molecular weight is 298 g/mol. The van der Waals surface area contributed by atoms with E-state index in [2.05, 4.69) is 20.0 Å². The van der Waals surface area contributed by atoms with E-state index in [0.29, 0.717) is 17.1 Å². The molecule has 0 unspecified atom stereocenters. The topological polar surface area (TPSA) is 84.0 Å². The molecule has 8 heteroatoms. The summed E-state index contributed by atoms with van der Waals surface area (Å²) in [6, 6.07) is 3.28. The van der Waals surface area contributed by atoms with Gasteiger partial charge in [0.25, 0.3) is 0 Å². The molecule has 0 spiro atoms. The minimum absolute atomic E-state index is 0.152. The Hall–Kier alpha value is -1.35. The first kappa shape index (κ1) is 14.1. The van der Waals surface area contributed by atoms with Crippen LogP contribution in [0.5, 0.6) is 0 Å². The lowest BCUT2D eigenvalue weighted by Crippen LogP contribution is -2.24. The highest BCUT2D eigenvalue weighted by atomic mass is 32.2. The summed E-state index contributed by atoms with van der Waals surface area (Å²) in [5, 5.41) is 4.72. The SMILES string of the molecule is CNCc1sccc1S(=O)(=O)NCc1ccncn1. The van der Waals surface area contributed by atoms with Crippen molar-refractivity contribution in [1.82, 2.24) is 20.0 Å². The van der Waals surface area contributed by atoms with Crippen LogP contribution in [-0.2, 0) is 23.1 Å². The summed E-state index contributed by atoms with van der Waals surface area (Å²) in [5.41, 5.74) is 0.629. The Morgan fingerprint density at radius 2 is 2.16 bits per heavy atom. The van der Waals surface area contributed by atoms with Gasteiger partial charge in [0.2, 0.25) is 10.0 Å². The van der Waals surface area contributed by atoms with Gasteiger partial charge < -0.3 is 5.32 Å². The predicted molar refractivity (Wildman–Crippen MR) is 73.1 cm³/mol. The van der Waals surface area contributed by atoms with E-state index in [1.807, 2.05) is 0 Å². The molecular formula is C11H14N4O2S2. The molecular weight excluding hydrogens is 284 g/mol. The van der Waals surface area contributed by atoms with E-state index in [4.69, 9.17) is 0 Å². The lowest BCUT2D eigenvalue weighted by atomic mass is 10.4. The van der Waals surface area contributed by atoms with E-state index >= 15 is 0 Å². The molecule has 102 valence electrons. The molecule has 0 aliphatic rings. The van der Waals surface area contributed by atoms with Crippen LogP contribution in [0.15, 0.2) is 34.9 Å². The van der Waals surface area contributed by atoms with E-state index in [1.165, 1.54) is 17.7 Å². The summed E-state index contributed by atoms with van der Waals surface area (Å²) >= 11 is 1.42. The van der Waals surface area contributed by atoms with Crippen LogP contribution in [0.1, 0.15) is 10.6 Å². The van der Waals surface area contributed by atoms with Crippen LogP contribution in [0.25, 0.3) is 0 Å². The van der Waals surface area contributed by atoms with Crippen molar-refractivity contribution in [3.8, 4) is 0 Å². The Labute approximate surface area is 116 Å². The fourth-order valence-corrected chi connectivity index (χ4v) is 3.98. The molecule has 0 fully saturated rings. The third-order valence-corrected chi connectivity index (χ3v) is 4.95. The van der Waals surface area contributed by atoms with Crippen molar-refractivity contribution in [3.05, 3.63) is 40.6 Å². The van der Waals surface area contributed by atoms with E-state index in [9.17, 15) is 8.42 Å². The van der Waals surface area contributed by atoms with Crippen molar-refractivity contribution in [3.63, 3.8) is 0 Å². The van der Waals surface area contributed by atoms with Crippen LogP contribution in [0.3, 0.4) is 0 Å². The maximum atomic E-state index is 12.2. The molecule has 6 nitrogen and oxygen atoms in total.